The van der Waals surface area contributed by atoms with E-state index in [4.69, 9.17) is 5.11 Å². The van der Waals surface area contributed by atoms with Gasteiger partial charge in [0.05, 0.1) is 6.42 Å². The van der Waals surface area contributed by atoms with E-state index in [2.05, 4.69) is 0 Å². The van der Waals surface area contributed by atoms with E-state index in [1.54, 1.807) is 0 Å². The minimum absolute atomic E-state index is 0. The monoisotopic (exact) mass is 266 g/mol. The fourth-order valence-electron chi connectivity index (χ4n) is 1.97. The van der Waals surface area contributed by atoms with Gasteiger partial charge in [0.1, 0.15) is 0 Å². The first kappa shape index (κ1) is 15.6. The van der Waals surface area contributed by atoms with Crippen LogP contribution in [-0.2, 0) is 4.79 Å². The molecule has 0 heterocycles. The Morgan fingerprint density at radius 1 is 0.944 bits per heavy atom. The Balaban J connectivity index is 0.00000162. The first-order valence-corrected chi connectivity index (χ1v) is 5.59. The van der Waals surface area contributed by atoms with Crippen molar-refractivity contribution in [2.75, 3.05) is 0 Å². The predicted molar refractivity (Wildman–Crippen MR) is 68.1 cm³/mol. The molecular weight excluding hydrogens is 251 g/mol. The second-order valence-corrected chi connectivity index (χ2v) is 3.97. The van der Waals surface area contributed by atoms with Crippen molar-refractivity contribution in [3.63, 3.8) is 0 Å². The summed E-state index contributed by atoms with van der Waals surface area (Å²) in [5.41, 5.74) is 2.09. The van der Waals surface area contributed by atoms with Gasteiger partial charge in [-0.2, -0.15) is 0 Å². The number of benzene rings is 2. The summed E-state index contributed by atoms with van der Waals surface area (Å²) in [4.78, 5) is 11.0. The van der Waals surface area contributed by atoms with Crippen molar-refractivity contribution in [1.82, 2.24) is 0 Å². The van der Waals surface area contributed by atoms with E-state index in [0.29, 0.717) is 0 Å². The molecule has 2 aromatic carbocycles. The molecule has 88 valence electrons. The fourth-order valence-corrected chi connectivity index (χ4v) is 1.97. The van der Waals surface area contributed by atoms with Gasteiger partial charge in [-0.3, -0.25) is 4.79 Å². The van der Waals surface area contributed by atoms with E-state index in [1.165, 1.54) is 0 Å². The number of carboxylic acid groups (broad SMARTS) is 1. The van der Waals surface area contributed by atoms with Crippen LogP contribution in [0.5, 0.6) is 0 Å². The second kappa shape index (κ2) is 7.87. The third kappa shape index (κ3) is 4.34. The normalized spacial score (nSPS) is 9.83. The molecule has 0 atom stereocenters. The van der Waals surface area contributed by atoms with Gasteiger partial charge in [-0.05, 0) is 11.1 Å². The fraction of sp³-hybridized carbons (Fsp3) is 0.133. The molecule has 0 saturated carbocycles. The van der Waals surface area contributed by atoms with Gasteiger partial charge in [0.15, 0.2) is 0 Å². The average molecular weight is 266 g/mol. The zero-order valence-electron chi connectivity index (χ0n) is 11.4. The zero-order valence-corrected chi connectivity index (χ0v) is 13.5. The first-order valence-electron chi connectivity index (χ1n) is 5.59. The summed E-state index contributed by atoms with van der Waals surface area (Å²) in [6.45, 7) is 0. The molecule has 0 aliphatic heterocycles. The third-order valence-corrected chi connectivity index (χ3v) is 2.78. The van der Waals surface area contributed by atoms with Crippen molar-refractivity contribution >= 4 is 5.97 Å². The maximum absolute atomic E-state index is 11.0. The standard InChI is InChI=1S/C15H14O2.K.H/c16-15(17)11-14(12-7-3-1-4-8-12)13-9-5-2-6-10-13;;/h1-10,14H,11H2,(H,16,17);;/q;+1;-1. The van der Waals surface area contributed by atoms with Crippen LogP contribution in [0.3, 0.4) is 0 Å². The number of carbonyl (C=O) groups is 1. The minimum atomic E-state index is -0.775. The molecule has 0 aromatic heterocycles. The molecule has 0 amide bonds. The summed E-state index contributed by atoms with van der Waals surface area (Å²) in [6.07, 6.45) is 0.119. The molecule has 2 nitrogen and oxygen atoms in total. The molecule has 18 heavy (non-hydrogen) atoms. The molecule has 0 spiro atoms. The molecule has 2 rings (SSSR count). The van der Waals surface area contributed by atoms with E-state index in [0.717, 1.165) is 11.1 Å². The molecule has 0 aliphatic carbocycles. The molecule has 0 radical (unpaired) electrons. The van der Waals surface area contributed by atoms with Crippen LogP contribution in [0.15, 0.2) is 60.7 Å². The van der Waals surface area contributed by atoms with Gasteiger partial charge in [-0.1, -0.05) is 60.7 Å². The molecule has 0 unspecified atom stereocenters. The van der Waals surface area contributed by atoms with Gasteiger partial charge in [-0.25, -0.2) is 0 Å². The van der Waals surface area contributed by atoms with Gasteiger partial charge in [0.25, 0.3) is 0 Å². The second-order valence-electron chi connectivity index (χ2n) is 3.97. The number of rotatable bonds is 4. The smallest absolute Gasteiger partial charge is 1.00 e. The van der Waals surface area contributed by atoms with Gasteiger partial charge in [0, 0.05) is 5.92 Å². The van der Waals surface area contributed by atoms with Gasteiger partial charge in [0.2, 0.25) is 0 Å². The van der Waals surface area contributed by atoms with Crippen molar-refractivity contribution in [2.24, 2.45) is 0 Å². The Morgan fingerprint density at radius 3 is 1.67 bits per heavy atom. The Hall–Kier alpha value is -0.454. The Morgan fingerprint density at radius 2 is 1.33 bits per heavy atom. The van der Waals surface area contributed by atoms with Crippen molar-refractivity contribution in [1.29, 1.82) is 0 Å². The minimum Gasteiger partial charge on any atom is -1.00 e. The summed E-state index contributed by atoms with van der Waals surface area (Å²) in [5.74, 6) is -0.849. The Kier molecular flexibility index (Phi) is 6.82. The molecule has 0 bridgehead atoms. The maximum Gasteiger partial charge on any atom is 1.00 e. The molecule has 2 aromatic rings. The number of carboxylic acids is 1. The van der Waals surface area contributed by atoms with E-state index < -0.39 is 5.97 Å². The summed E-state index contributed by atoms with van der Waals surface area (Å²) < 4.78 is 0. The average Bonchev–Trinajstić information content (AvgIpc) is 2.38. The molecule has 1 N–H and O–H groups in total. The van der Waals surface area contributed by atoms with E-state index in [9.17, 15) is 4.79 Å². The van der Waals surface area contributed by atoms with Crippen LogP contribution in [-0.4, -0.2) is 11.1 Å². The zero-order chi connectivity index (χ0) is 12.1. The summed E-state index contributed by atoms with van der Waals surface area (Å²) in [7, 11) is 0. The third-order valence-electron chi connectivity index (χ3n) is 2.78. The quantitative estimate of drug-likeness (QED) is 0.814. The topological polar surface area (TPSA) is 37.3 Å². The Labute approximate surface area is 151 Å². The molecule has 0 aliphatic rings. The number of hydrogen-bond acceptors (Lipinski definition) is 1. The van der Waals surface area contributed by atoms with Gasteiger partial charge >= 0.3 is 57.4 Å². The van der Waals surface area contributed by atoms with Crippen LogP contribution < -0.4 is 51.4 Å². The van der Waals surface area contributed by atoms with E-state index in [1.807, 2.05) is 60.7 Å². The summed E-state index contributed by atoms with van der Waals surface area (Å²) in [5, 5.41) is 9.01. The van der Waals surface area contributed by atoms with Crippen molar-refractivity contribution < 1.29 is 62.7 Å². The molecule has 0 fully saturated rings. The first-order chi connectivity index (χ1) is 8.27. The maximum atomic E-state index is 11.0. The van der Waals surface area contributed by atoms with Gasteiger partial charge in [-0.15, -0.1) is 0 Å². The molecule has 0 saturated heterocycles. The number of hydrogen-bond donors (Lipinski definition) is 1. The Bertz CT molecular complexity index is 449. The van der Waals surface area contributed by atoms with E-state index >= 15 is 0 Å². The number of aliphatic carboxylic acids is 1. The van der Waals surface area contributed by atoms with Gasteiger partial charge < -0.3 is 6.53 Å². The van der Waals surface area contributed by atoms with Crippen LogP contribution in [0, 0.1) is 0 Å². The van der Waals surface area contributed by atoms with Crippen molar-refractivity contribution in [2.45, 2.75) is 12.3 Å². The van der Waals surface area contributed by atoms with E-state index in [-0.39, 0.29) is 65.1 Å². The SMILES string of the molecule is O=C(O)CC(c1ccccc1)c1ccccc1.[H-].[K+]. The molecule has 3 heteroatoms. The summed E-state index contributed by atoms with van der Waals surface area (Å²) in [6, 6.07) is 19.5. The molecular formula is C15H15KO2. The van der Waals surface area contributed by atoms with Crippen molar-refractivity contribution in [3.05, 3.63) is 71.8 Å². The van der Waals surface area contributed by atoms with Crippen LogP contribution in [0.25, 0.3) is 0 Å². The predicted octanol–water partition coefficient (Wildman–Crippen LogP) is 0.410. The van der Waals surface area contributed by atoms with Crippen LogP contribution in [0.2, 0.25) is 0 Å². The van der Waals surface area contributed by atoms with Crippen LogP contribution >= 0.6 is 0 Å². The largest absolute Gasteiger partial charge is 1.00 e. The summed E-state index contributed by atoms with van der Waals surface area (Å²) >= 11 is 0. The van der Waals surface area contributed by atoms with Crippen LogP contribution in [0.1, 0.15) is 24.9 Å². The van der Waals surface area contributed by atoms with Crippen molar-refractivity contribution in [3.8, 4) is 0 Å². The van der Waals surface area contributed by atoms with Crippen LogP contribution in [0.4, 0.5) is 0 Å².